The van der Waals surface area contributed by atoms with E-state index in [1.54, 1.807) is 6.08 Å². The number of hydrogen-bond acceptors (Lipinski definition) is 3. The van der Waals surface area contributed by atoms with Gasteiger partial charge in [0.25, 0.3) is 0 Å². The molecular formula is C12H13NO3. The molecule has 1 rings (SSSR count). The molecule has 0 aliphatic rings. The van der Waals surface area contributed by atoms with Crippen molar-refractivity contribution >= 4 is 18.0 Å². The zero-order valence-electron chi connectivity index (χ0n) is 9.19. The third kappa shape index (κ3) is 3.57. The quantitative estimate of drug-likeness (QED) is 0.475. The van der Waals surface area contributed by atoms with Gasteiger partial charge in [-0.1, -0.05) is 30.3 Å². The summed E-state index contributed by atoms with van der Waals surface area (Å²) in [6, 6.07) is 9.20. The fourth-order valence-electron chi connectivity index (χ4n) is 1.16. The van der Waals surface area contributed by atoms with Crippen LogP contribution in [0, 0.1) is 0 Å². The Labute approximate surface area is 93.9 Å². The van der Waals surface area contributed by atoms with Gasteiger partial charge in [0, 0.05) is 6.92 Å². The van der Waals surface area contributed by atoms with Gasteiger partial charge in [-0.25, -0.2) is 4.79 Å². The average Bonchev–Trinajstić information content (AvgIpc) is 2.28. The second kappa shape index (κ2) is 5.70. The maximum absolute atomic E-state index is 11.3. The lowest BCUT2D eigenvalue weighted by molar-refractivity contribution is -0.137. The third-order valence-corrected chi connectivity index (χ3v) is 1.83. The molecule has 0 aromatic heterocycles. The normalized spacial score (nSPS) is 10.8. The number of carbonyl (C=O) groups is 2. The van der Waals surface area contributed by atoms with Gasteiger partial charge < -0.3 is 10.1 Å². The molecule has 0 aliphatic carbocycles. The van der Waals surface area contributed by atoms with Gasteiger partial charge in [-0.3, -0.25) is 4.79 Å². The maximum atomic E-state index is 11.3. The third-order valence-electron chi connectivity index (χ3n) is 1.83. The molecular weight excluding hydrogens is 207 g/mol. The van der Waals surface area contributed by atoms with E-state index in [0.717, 1.165) is 5.56 Å². The van der Waals surface area contributed by atoms with Crippen molar-refractivity contribution in [3.05, 3.63) is 41.6 Å². The van der Waals surface area contributed by atoms with Crippen molar-refractivity contribution in [3.63, 3.8) is 0 Å². The Bertz CT molecular complexity index is 410. The van der Waals surface area contributed by atoms with Crippen LogP contribution in [-0.2, 0) is 14.3 Å². The number of esters is 1. The minimum Gasteiger partial charge on any atom is -0.464 e. The lowest BCUT2D eigenvalue weighted by atomic mass is 10.2. The molecule has 0 bridgehead atoms. The molecule has 0 atom stereocenters. The van der Waals surface area contributed by atoms with Crippen LogP contribution in [0.5, 0.6) is 0 Å². The van der Waals surface area contributed by atoms with E-state index in [0.29, 0.717) is 0 Å². The molecule has 16 heavy (non-hydrogen) atoms. The molecule has 4 nitrogen and oxygen atoms in total. The Balaban J connectivity index is 2.96. The summed E-state index contributed by atoms with van der Waals surface area (Å²) in [7, 11) is 1.27. The number of carbonyl (C=O) groups excluding carboxylic acids is 2. The van der Waals surface area contributed by atoms with Gasteiger partial charge in [-0.15, -0.1) is 0 Å². The molecule has 0 aliphatic heterocycles. The molecule has 1 aromatic carbocycles. The van der Waals surface area contributed by atoms with Crippen molar-refractivity contribution in [3.8, 4) is 0 Å². The number of methoxy groups -OCH3 is 1. The Morgan fingerprint density at radius 2 is 1.88 bits per heavy atom. The molecule has 1 amide bonds. The fraction of sp³-hybridized carbons (Fsp3) is 0.167. The fourth-order valence-corrected chi connectivity index (χ4v) is 1.16. The summed E-state index contributed by atoms with van der Waals surface area (Å²) in [5, 5.41) is 2.43. The van der Waals surface area contributed by atoms with Crippen LogP contribution in [-0.4, -0.2) is 19.0 Å². The van der Waals surface area contributed by atoms with E-state index < -0.39 is 5.97 Å². The number of nitrogens with one attached hydrogen (secondary N) is 1. The number of benzene rings is 1. The zero-order chi connectivity index (χ0) is 12.0. The number of hydrogen-bond donors (Lipinski definition) is 1. The SMILES string of the molecule is COC(=O)/[13C](=C\c1ccccc1)NC(C)=O. The summed E-state index contributed by atoms with van der Waals surface area (Å²) < 4.78 is 4.56. The van der Waals surface area contributed by atoms with E-state index in [4.69, 9.17) is 0 Å². The van der Waals surface area contributed by atoms with Crippen molar-refractivity contribution in [2.24, 2.45) is 0 Å². The molecule has 0 fully saturated rings. The van der Waals surface area contributed by atoms with Crippen molar-refractivity contribution in [1.29, 1.82) is 0 Å². The molecule has 84 valence electrons. The van der Waals surface area contributed by atoms with Gasteiger partial charge in [0.05, 0.1) is 7.11 Å². The predicted octanol–water partition coefficient (Wildman–Crippen LogP) is 1.34. The van der Waals surface area contributed by atoms with Gasteiger partial charge in [0.1, 0.15) is 5.70 Å². The predicted molar refractivity (Wildman–Crippen MR) is 60.3 cm³/mol. The van der Waals surface area contributed by atoms with Crippen LogP contribution >= 0.6 is 0 Å². The first-order valence-electron chi connectivity index (χ1n) is 4.76. The Morgan fingerprint density at radius 1 is 1.25 bits per heavy atom. The van der Waals surface area contributed by atoms with Crippen molar-refractivity contribution in [2.45, 2.75) is 6.92 Å². The summed E-state index contributed by atoms with van der Waals surface area (Å²) in [5.41, 5.74) is 0.942. The van der Waals surface area contributed by atoms with E-state index in [1.165, 1.54) is 14.0 Å². The lowest BCUT2D eigenvalue weighted by Crippen LogP contribution is -2.25. The van der Waals surface area contributed by atoms with Gasteiger partial charge in [0.2, 0.25) is 5.91 Å². The van der Waals surface area contributed by atoms with Crippen LogP contribution in [0.2, 0.25) is 0 Å². The summed E-state index contributed by atoms with van der Waals surface area (Å²) in [6.45, 7) is 1.34. The van der Waals surface area contributed by atoms with E-state index in [1.807, 2.05) is 30.3 Å². The van der Waals surface area contributed by atoms with Crippen molar-refractivity contribution < 1.29 is 14.3 Å². The first-order chi connectivity index (χ1) is 7.63. The van der Waals surface area contributed by atoms with E-state index >= 15 is 0 Å². The standard InChI is InChI=1S/C12H13NO3/c1-9(14)13-11(12(15)16-2)8-10-6-4-3-5-7-10/h3-8H,1-2H3,(H,13,14)/b11-8+/i11+1. The second-order valence-corrected chi connectivity index (χ2v) is 3.14. The minimum atomic E-state index is -0.570. The van der Waals surface area contributed by atoms with Crippen LogP contribution in [0.3, 0.4) is 0 Å². The van der Waals surface area contributed by atoms with Crippen LogP contribution in [0.15, 0.2) is 36.0 Å². The molecule has 0 unspecified atom stereocenters. The Morgan fingerprint density at radius 3 is 2.38 bits per heavy atom. The van der Waals surface area contributed by atoms with Gasteiger partial charge in [0.15, 0.2) is 0 Å². The number of rotatable bonds is 3. The second-order valence-electron chi connectivity index (χ2n) is 3.14. The molecule has 1 N–H and O–H groups in total. The highest BCUT2D eigenvalue weighted by atomic mass is 16.5. The summed E-state index contributed by atoms with van der Waals surface area (Å²) in [4.78, 5) is 22.3. The minimum absolute atomic E-state index is 0.126. The highest BCUT2D eigenvalue weighted by Crippen LogP contribution is 2.05. The largest absolute Gasteiger partial charge is 0.464 e. The summed E-state index contributed by atoms with van der Waals surface area (Å²) >= 11 is 0. The first-order valence-corrected chi connectivity index (χ1v) is 4.76. The lowest BCUT2D eigenvalue weighted by Gasteiger charge is -2.05. The van der Waals surface area contributed by atoms with Crippen molar-refractivity contribution in [1.82, 2.24) is 5.32 Å². The van der Waals surface area contributed by atoms with Gasteiger partial charge in [-0.2, -0.15) is 0 Å². The molecule has 1 aromatic rings. The molecule has 4 heteroatoms. The molecule has 0 radical (unpaired) electrons. The smallest absolute Gasteiger partial charge is 0.354 e. The van der Waals surface area contributed by atoms with E-state index in [-0.39, 0.29) is 11.6 Å². The average molecular weight is 220 g/mol. The highest BCUT2D eigenvalue weighted by Gasteiger charge is 2.10. The topological polar surface area (TPSA) is 55.4 Å². The zero-order valence-corrected chi connectivity index (χ0v) is 9.19. The Kier molecular flexibility index (Phi) is 4.27. The van der Waals surface area contributed by atoms with Crippen LogP contribution < -0.4 is 5.32 Å². The molecule has 0 spiro atoms. The monoisotopic (exact) mass is 220 g/mol. The van der Waals surface area contributed by atoms with Crippen LogP contribution in [0.4, 0.5) is 0 Å². The Hall–Kier alpha value is -2.10. The maximum Gasteiger partial charge on any atom is 0.354 e. The summed E-state index contributed by atoms with van der Waals surface area (Å²) in [6.07, 6.45) is 1.56. The first kappa shape index (κ1) is 12.0. The highest BCUT2D eigenvalue weighted by molar-refractivity contribution is 5.97. The van der Waals surface area contributed by atoms with Crippen LogP contribution in [0.25, 0.3) is 6.08 Å². The number of amides is 1. The van der Waals surface area contributed by atoms with E-state index in [9.17, 15) is 9.59 Å². The molecule has 0 saturated heterocycles. The van der Waals surface area contributed by atoms with E-state index in [2.05, 4.69) is 10.1 Å². The molecule has 0 saturated carbocycles. The van der Waals surface area contributed by atoms with Gasteiger partial charge in [-0.05, 0) is 11.6 Å². The van der Waals surface area contributed by atoms with Crippen molar-refractivity contribution in [2.75, 3.05) is 7.11 Å². The molecule has 0 heterocycles. The summed E-state index contributed by atoms with van der Waals surface area (Å²) in [5.74, 6) is -0.883. The van der Waals surface area contributed by atoms with Crippen LogP contribution in [0.1, 0.15) is 12.5 Å². The number of ether oxygens (including phenoxy) is 1. The van der Waals surface area contributed by atoms with Gasteiger partial charge >= 0.3 is 5.97 Å².